The Morgan fingerprint density at radius 3 is 2.70 bits per heavy atom. The van der Waals surface area contributed by atoms with Gasteiger partial charge in [-0.15, -0.1) is 0 Å². The summed E-state index contributed by atoms with van der Waals surface area (Å²) in [6.07, 6.45) is 2.98. The molecule has 1 heterocycles. The van der Waals surface area contributed by atoms with Crippen molar-refractivity contribution in [3.63, 3.8) is 0 Å². The number of hydrogen-bond acceptors (Lipinski definition) is 3. The molecule has 8 heteroatoms. The smallest absolute Gasteiger partial charge is 0.319 e. The Balaban J connectivity index is 1.61. The predicted molar refractivity (Wildman–Crippen MR) is 115 cm³/mol. The van der Waals surface area contributed by atoms with E-state index in [1.54, 1.807) is 6.92 Å². The van der Waals surface area contributed by atoms with Crippen LogP contribution in [0, 0.1) is 19.7 Å². The van der Waals surface area contributed by atoms with Gasteiger partial charge in [0.25, 0.3) is 0 Å². The molecule has 0 bridgehead atoms. The molecule has 2 aromatic rings. The third-order valence-electron chi connectivity index (χ3n) is 5.35. The summed E-state index contributed by atoms with van der Waals surface area (Å²) in [4.78, 5) is 12.3. The van der Waals surface area contributed by atoms with E-state index in [1.165, 1.54) is 22.5 Å². The lowest BCUT2D eigenvalue weighted by atomic mass is 10.0. The van der Waals surface area contributed by atoms with Crippen molar-refractivity contribution in [1.29, 1.82) is 0 Å². The lowest BCUT2D eigenvalue weighted by Gasteiger charge is -2.34. The van der Waals surface area contributed by atoms with Gasteiger partial charge >= 0.3 is 6.03 Å². The molecule has 2 amide bonds. The zero-order valence-electron chi connectivity index (χ0n) is 17.3. The number of nitrogens with zero attached hydrogens (tertiary/aromatic N) is 1. The average Bonchev–Trinajstić information content (AvgIpc) is 2.70. The van der Waals surface area contributed by atoms with E-state index in [0.29, 0.717) is 30.8 Å². The maximum Gasteiger partial charge on any atom is 0.319 e. The van der Waals surface area contributed by atoms with E-state index in [9.17, 15) is 17.6 Å². The number of carbonyl (C=O) groups excluding carboxylic acids is 1. The second-order valence-electron chi connectivity index (χ2n) is 7.72. The quantitative estimate of drug-likeness (QED) is 0.717. The van der Waals surface area contributed by atoms with E-state index in [2.05, 4.69) is 10.6 Å². The van der Waals surface area contributed by atoms with E-state index < -0.39 is 15.8 Å². The number of urea groups is 1. The molecule has 0 aliphatic carbocycles. The Labute approximate surface area is 177 Å². The van der Waals surface area contributed by atoms with Gasteiger partial charge in [0.1, 0.15) is 5.82 Å². The van der Waals surface area contributed by atoms with E-state index in [-0.39, 0.29) is 17.0 Å². The van der Waals surface area contributed by atoms with Crippen LogP contribution in [0.25, 0.3) is 0 Å². The highest BCUT2D eigenvalue weighted by molar-refractivity contribution is 7.89. The number of piperidine rings is 1. The summed E-state index contributed by atoms with van der Waals surface area (Å²) >= 11 is 0. The minimum Gasteiger partial charge on any atom is -0.338 e. The monoisotopic (exact) mass is 433 g/mol. The molecular weight excluding hydrogens is 405 g/mol. The fourth-order valence-electron chi connectivity index (χ4n) is 3.74. The minimum absolute atomic E-state index is 0.110. The highest BCUT2D eigenvalue weighted by Gasteiger charge is 2.33. The Morgan fingerprint density at radius 1 is 1.17 bits per heavy atom. The van der Waals surface area contributed by atoms with Crippen LogP contribution in [-0.2, 0) is 10.0 Å². The van der Waals surface area contributed by atoms with Gasteiger partial charge in [0, 0.05) is 24.8 Å². The second kappa shape index (κ2) is 9.57. The third kappa shape index (κ3) is 5.37. The van der Waals surface area contributed by atoms with Gasteiger partial charge in [-0.2, -0.15) is 4.31 Å². The molecule has 162 valence electrons. The van der Waals surface area contributed by atoms with Crippen LogP contribution in [-0.4, -0.2) is 37.9 Å². The first kappa shape index (κ1) is 22.2. The number of rotatable bonds is 6. The molecule has 0 saturated carbocycles. The summed E-state index contributed by atoms with van der Waals surface area (Å²) in [6.45, 7) is 4.29. The first-order chi connectivity index (χ1) is 14.3. The number of aryl methyl sites for hydroxylation is 2. The topological polar surface area (TPSA) is 78.5 Å². The standard InChI is InChI=1S/C22H28FN3O3S/c1-16-6-5-7-18(14-16)25-22(27)24-12-11-19-8-3-4-13-26(19)30(28,29)20-9-10-21(23)17(2)15-20/h5-7,9-10,14-15,19H,3-4,8,11-13H2,1-2H3,(H2,24,25,27)/t19-/m0/s1. The van der Waals surface area contributed by atoms with Gasteiger partial charge in [0.05, 0.1) is 4.90 Å². The van der Waals surface area contributed by atoms with Crippen molar-refractivity contribution in [3.8, 4) is 0 Å². The highest BCUT2D eigenvalue weighted by Crippen LogP contribution is 2.27. The minimum atomic E-state index is -3.72. The van der Waals surface area contributed by atoms with Gasteiger partial charge in [-0.05, 0) is 74.6 Å². The number of carbonyl (C=O) groups is 1. The molecule has 2 N–H and O–H groups in total. The maximum atomic E-state index is 13.6. The molecule has 2 aromatic carbocycles. The van der Waals surface area contributed by atoms with Crippen molar-refractivity contribution in [1.82, 2.24) is 9.62 Å². The molecule has 1 aliphatic heterocycles. The van der Waals surface area contributed by atoms with Crippen molar-refractivity contribution in [2.45, 2.75) is 50.5 Å². The molecule has 0 aromatic heterocycles. The highest BCUT2D eigenvalue weighted by atomic mass is 32.2. The van der Waals surface area contributed by atoms with Gasteiger partial charge in [-0.1, -0.05) is 18.6 Å². The molecule has 30 heavy (non-hydrogen) atoms. The molecule has 0 unspecified atom stereocenters. The normalized spacial score (nSPS) is 17.5. The molecule has 3 rings (SSSR count). The van der Waals surface area contributed by atoms with Crippen molar-refractivity contribution < 1.29 is 17.6 Å². The van der Waals surface area contributed by atoms with Crippen molar-refractivity contribution >= 4 is 21.7 Å². The fraction of sp³-hybridized carbons (Fsp3) is 0.409. The Bertz CT molecular complexity index is 1010. The third-order valence-corrected chi connectivity index (χ3v) is 7.30. The van der Waals surface area contributed by atoms with Crippen LogP contribution in [0.2, 0.25) is 0 Å². The summed E-state index contributed by atoms with van der Waals surface area (Å²) in [5.41, 5.74) is 2.06. The molecule has 0 spiro atoms. The van der Waals surface area contributed by atoms with Gasteiger partial charge in [-0.3, -0.25) is 0 Å². The van der Waals surface area contributed by atoms with Crippen LogP contribution in [0.3, 0.4) is 0 Å². The fourth-order valence-corrected chi connectivity index (χ4v) is 5.55. The van der Waals surface area contributed by atoms with Crippen LogP contribution in [0.5, 0.6) is 0 Å². The Hall–Kier alpha value is -2.45. The van der Waals surface area contributed by atoms with Crippen LogP contribution >= 0.6 is 0 Å². The van der Waals surface area contributed by atoms with Crippen LogP contribution in [0.15, 0.2) is 47.4 Å². The van der Waals surface area contributed by atoms with E-state index in [4.69, 9.17) is 0 Å². The van der Waals surface area contributed by atoms with Gasteiger partial charge in [-0.25, -0.2) is 17.6 Å². The first-order valence-electron chi connectivity index (χ1n) is 10.2. The maximum absolute atomic E-state index is 13.6. The number of benzene rings is 2. The molecule has 1 fully saturated rings. The van der Waals surface area contributed by atoms with E-state index in [0.717, 1.165) is 24.8 Å². The molecule has 1 saturated heterocycles. The number of amides is 2. The molecule has 1 aliphatic rings. The van der Waals surface area contributed by atoms with Crippen molar-refractivity contribution in [2.75, 3.05) is 18.4 Å². The van der Waals surface area contributed by atoms with Crippen LogP contribution in [0.4, 0.5) is 14.9 Å². The largest absolute Gasteiger partial charge is 0.338 e. The molecular formula is C22H28FN3O3S. The Kier molecular flexibility index (Phi) is 7.10. The number of halogens is 1. The zero-order chi connectivity index (χ0) is 21.7. The van der Waals surface area contributed by atoms with Crippen LogP contribution in [0.1, 0.15) is 36.8 Å². The van der Waals surface area contributed by atoms with Gasteiger partial charge in [0.2, 0.25) is 10.0 Å². The summed E-state index contributed by atoms with van der Waals surface area (Å²) in [5.74, 6) is -0.423. The van der Waals surface area contributed by atoms with Gasteiger partial charge < -0.3 is 10.6 Å². The van der Waals surface area contributed by atoms with Crippen molar-refractivity contribution in [3.05, 3.63) is 59.4 Å². The molecule has 0 radical (unpaired) electrons. The summed E-state index contributed by atoms with van der Waals surface area (Å²) < 4.78 is 41.3. The number of sulfonamides is 1. The average molecular weight is 434 g/mol. The predicted octanol–water partition coefficient (Wildman–Crippen LogP) is 4.20. The van der Waals surface area contributed by atoms with Crippen molar-refractivity contribution in [2.24, 2.45) is 0 Å². The van der Waals surface area contributed by atoms with Crippen LogP contribution < -0.4 is 10.6 Å². The molecule has 1 atom stereocenters. The van der Waals surface area contributed by atoms with E-state index >= 15 is 0 Å². The van der Waals surface area contributed by atoms with E-state index in [1.807, 2.05) is 31.2 Å². The zero-order valence-corrected chi connectivity index (χ0v) is 18.1. The number of nitrogens with one attached hydrogen (secondary N) is 2. The lowest BCUT2D eigenvalue weighted by Crippen LogP contribution is -2.45. The lowest BCUT2D eigenvalue weighted by molar-refractivity contribution is 0.234. The Morgan fingerprint density at radius 2 is 1.97 bits per heavy atom. The second-order valence-corrected chi connectivity index (χ2v) is 9.61. The van der Waals surface area contributed by atoms with Gasteiger partial charge in [0.15, 0.2) is 0 Å². The summed E-state index contributed by atoms with van der Waals surface area (Å²) in [6, 6.07) is 10.9. The number of anilines is 1. The first-order valence-corrected chi connectivity index (χ1v) is 11.6. The molecule has 6 nitrogen and oxygen atoms in total. The summed E-state index contributed by atoms with van der Waals surface area (Å²) in [5, 5.41) is 5.59. The number of hydrogen-bond donors (Lipinski definition) is 2. The summed E-state index contributed by atoms with van der Waals surface area (Å²) in [7, 11) is -3.72. The SMILES string of the molecule is Cc1cccc(NC(=O)NCC[C@@H]2CCCCN2S(=O)(=O)c2ccc(F)c(C)c2)c1.